The van der Waals surface area contributed by atoms with Gasteiger partial charge in [-0.3, -0.25) is 9.69 Å². The summed E-state index contributed by atoms with van der Waals surface area (Å²) in [5, 5.41) is 4.21. The number of benzene rings is 3. The lowest BCUT2D eigenvalue weighted by atomic mass is 10.0. The van der Waals surface area contributed by atoms with Crippen LogP contribution in [0.15, 0.2) is 82.6 Å². The highest BCUT2D eigenvalue weighted by Gasteiger charge is 2.24. The molecule has 2 heterocycles. The first-order chi connectivity index (χ1) is 19.3. The number of rotatable bonds is 8. The van der Waals surface area contributed by atoms with Gasteiger partial charge in [0, 0.05) is 74.7 Å². The first-order valence-electron chi connectivity index (χ1n) is 13.7. The van der Waals surface area contributed by atoms with Crippen molar-refractivity contribution in [1.29, 1.82) is 0 Å². The number of sulfone groups is 1. The standard InChI is InChI=1S/C30H34ClFN4O3S.CH4/c31-23-1-7-27(8-2-23)35-21-19-34(20-22-35)16-15-30(37)36-17-13-26(14-18-36)33-25-5-11-29(12-6-25)40(38,39)28-9-3-24(32)4-10-28;/h1-12,26,33H,13-22H2;1H4. The van der Waals surface area contributed by atoms with E-state index in [2.05, 4.69) is 27.2 Å². The molecule has 2 fully saturated rings. The summed E-state index contributed by atoms with van der Waals surface area (Å²) in [6, 6.07) is 19.6. The molecule has 0 unspecified atom stereocenters. The Morgan fingerprint density at radius 3 is 1.98 bits per heavy atom. The van der Waals surface area contributed by atoms with Gasteiger partial charge in [-0.05, 0) is 85.6 Å². The van der Waals surface area contributed by atoms with E-state index in [-0.39, 0.29) is 29.2 Å². The van der Waals surface area contributed by atoms with Crippen molar-refractivity contribution >= 4 is 38.7 Å². The minimum atomic E-state index is -3.70. The molecule has 2 aliphatic heterocycles. The van der Waals surface area contributed by atoms with E-state index in [1.54, 1.807) is 24.3 Å². The predicted molar refractivity (Wildman–Crippen MR) is 163 cm³/mol. The van der Waals surface area contributed by atoms with Crippen LogP contribution in [0.25, 0.3) is 0 Å². The topological polar surface area (TPSA) is 73.0 Å². The number of carbonyl (C=O) groups excluding carboxylic acids is 1. The number of hydrogen-bond acceptors (Lipinski definition) is 6. The Bertz CT molecular complexity index is 1390. The number of hydrogen-bond donors (Lipinski definition) is 1. The summed E-state index contributed by atoms with van der Waals surface area (Å²) in [6.07, 6.45) is 2.20. The number of amides is 1. The van der Waals surface area contributed by atoms with Crippen LogP contribution in [0.2, 0.25) is 5.02 Å². The molecular weight excluding hydrogens is 563 g/mol. The third-order valence-electron chi connectivity index (χ3n) is 7.71. The zero-order chi connectivity index (χ0) is 28.1. The summed E-state index contributed by atoms with van der Waals surface area (Å²) in [5.74, 6) is -0.274. The molecule has 0 aromatic heterocycles. The van der Waals surface area contributed by atoms with Gasteiger partial charge >= 0.3 is 0 Å². The fourth-order valence-electron chi connectivity index (χ4n) is 5.28. The van der Waals surface area contributed by atoms with Crippen LogP contribution < -0.4 is 10.2 Å². The van der Waals surface area contributed by atoms with Gasteiger partial charge in [0.2, 0.25) is 15.7 Å². The first kappa shape index (κ1) is 30.8. The zero-order valence-corrected chi connectivity index (χ0v) is 23.9. The number of anilines is 2. The van der Waals surface area contributed by atoms with Gasteiger partial charge in [0.1, 0.15) is 5.82 Å². The van der Waals surface area contributed by atoms with Crippen LogP contribution in [0.3, 0.4) is 0 Å². The number of nitrogens with one attached hydrogen (secondary N) is 1. The van der Waals surface area contributed by atoms with Crippen LogP contribution in [0.4, 0.5) is 15.8 Å². The van der Waals surface area contributed by atoms with E-state index in [0.29, 0.717) is 19.5 Å². The number of likely N-dealkylation sites (tertiary alicyclic amines) is 1. The van der Waals surface area contributed by atoms with Gasteiger partial charge in [-0.1, -0.05) is 19.0 Å². The minimum Gasteiger partial charge on any atom is -0.382 e. The Labute approximate surface area is 247 Å². The van der Waals surface area contributed by atoms with E-state index in [1.165, 1.54) is 17.8 Å². The molecule has 0 atom stereocenters. The Hall–Kier alpha value is -3.14. The molecule has 0 spiro atoms. The summed E-state index contributed by atoms with van der Waals surface area (Å²) >= 11 is 6.00. The average molecular weight is 601 g/mol. The molecule has 0 aliphatic carbocycles. The van der Waals surface area contributed by atoms with E-state index in [9.17, 15) is 17.6 Å². The van der Waals surface area contributed by atoms with Crippen LogP contribution in [0.5, 0.6) is 0 Å². The highest BCUT2D eigenvalue weighted by Crippen LogP contribution is 2.24. The predicted octanol–water partition coefficient (Wildman–Crippen LogP) is 5.56. The Morgan fingerprint density at radius 1 is 0.829 bits per heavy atom. The van der Waals surface area contributed by atoms with Gasteiger partial charge < -0.3 is 15.1 Å². The quantitative estimate of drug-likeness (QED) is 0.341. The second-order valence-corrected chi connectivity index (χ2v) is 12.7. The number of carbonyl (C=O) groups is 1. The molecule has 1 amide bonds. The summed E-state index contributed by atoms with van der Waals surface area (Å²) in [4.78, 5) is 19.8. The van der Waals surface area contributed by atoms with Gasteiger partial charge in [-0.15, -0.1) is 0 Å². The second kappa shape index (κ2) is 13.7. The monoisotopic (exact) mass is 600 g/mol. The fraction of sp³-hybridized carbons (Fsp3) is 0.387. The smallest absolute Gasteiger partial charge is 0.223 e. The van der Waals surface area contributed by atoms with E-state index in [0.717, 1.165) is 68.4 Å². The summed E-state index contributed by atoms with van der Waals surface area (Å²) < 4.78 is 38.8. The number of halogens is 2. The van der Waals surface area contributed by atoms with Crippen LogP contribution in [0, 0.1) is 5.82 Å². The third-order valence-corrected chi connectivity index (χ3v) is 9.75. The molecule has 5 rings (SSSR count). The normalized spacial score (nSPS) is 16.7. The SMILES string of the molecule is C.O=C(CCN1CCN(c2ccc(Cl)cc2)CC1)N1CCC(Nc2ccc(S(=O)(=O)c3ccc(F)cc3)cc2)CC1. The molecule has 2 saturated heterocycles. The van der Waals surface area contributed by atoms with Crippen LogP contribution in [-0.4, -0.2) is 76.0 Å². The van der Waals surface area contributed by atoms with Crippen molar-refractivity contribution in [3.05, 3.63) is 83.6 Å². The lowest BCUT2D eigenvalue weighted by Gasteiger charge is -2.37. The number of nitrogens with zero attached hydrogens (tertiary/aromatic N) is 3. The molecule has 220 valence electrons. The van der Waals surface area contributed by atoms with Crippen molar-refractivity contribution in [1.82, 2.24) is 9.80 Å². The van der Waals surface area contributed by atoms with E-state index < -0.39 is 15.7 Å². The molecule has 7 nitrogen and oxygen atoms in total. The summed E-state index contributed by atoms with van der Waals surface area (Å²) in [6.45, 7) is 5.93. The first-order valence-corrected chi connectivity index (χ1v) is 15.5. The summed E-state index contributed by atoms with van der Waals surface area (Å²) in [5.41, 5.74) is 2.02. The van der Waals surface area contributed by atoms with Crippen molar-refractivity contribution in [2.24, 2.45) is 0 Å². The average Bonchev–Trinajstić information content (AvgIpc) is 2.97. The van der Waals surface area contributed by atoms with Crippen LogP contribution in [0.1, 0.15) is 26.7 Å². The van der Waals surface area contributed by atoms with Gasteiger partial charge in [0.15, 0.2) is 0 Å². The molecule has 10 heteroatoms. The fourth-order valence-corrected chi connectivity index (χ4v) is 6.67. The Morgan fingerprint density at radius 2 is 1.39 bits per heavy atom. The van der Waals surface area contributed by atoms with Crippen LogP contribution in [-0.2, 0) is 14.6 Å². The van der Waals surface area contributed by atoms with Gasteiger partial charge in [-0.25, -0.2) is 12.8 Å². The zero-order valence-electron chi connectivity index (χ0n) is 22.3. The maximum absolute atomic E-state index is 13.2. The van der Waals surface area contributed by atoms with E-state index in [4.69, 9.17) is 11.6 Å². The van der Waals surface area contributed by atoms with Crippen molar-refractivity contribution in [2.75, 3.05) is 56.0 Å². The molecule has 2 aliphatic rings. The second-order valence-electron chi connectivity index (χ2n) is 10.3. The molecule has 0 radical (unpaired) electrons. The maximum atomic E-state index is 13.2. The molecule has 41 heavy (non-hydrogen) atoms. The molecule has 0 bridgehead atoms. The van der Waals surface area contributed by atoms with Crippen LogP contribution >= 0.6 is 11.6 Å². The Kier molecular flexibility index (Phi) is 10.3. The van der Waals surface area contributed by atoms with Crippen molar-refractivity contribution in [3.63, 3.8) is 0 Å². The number of piperidine rings is 1. The lowest BCUT2D eigenvalue weighted by molar-refractivity contribution is -0.132. The van der Waals surface area contributed by atoms with E-state index in [1.807, 2.05) is 17.0 Å². The highest BCUT2D eigenvalue weighted by atomic mass is 35.5. The molecular formula is C31H38ClFN4O3S. The third kappa shape index (κ3) is 7.78. The van der Waals surface area contributed by atoms with Gasteiger partial charge in [-0.2, -0.15) is 0 Å². The van der Waals surface area contributed by atoms with Crippen molar-refractivity contribution in [2.45, 2.75) is 42.5 Å². The molecule has 3 aromatic carbocycles. The molecule has 1 N–H and O–H groups in total. The number of piperazine rings is 1. The minimum absolute atomic E-state index is 0. The summed E-state index contributed by atoms with van der Waals surface area (Å²) in [7, 11) is -3.70. The molecule has 0 saturated carbocycles. The van der Waals surface area contributed by atoms with E-state index >= 15 is 0 Å². The Balaban J connectivity index is 0.00000387. The lowest BCUT2D eigenvalue weighted by Crippen LogP contribution is -2.48. The largest absolute Gasteiger partial charge is 0.382 e. The van der Waals surface area contributed by atoms with Gasteiger partial charge in [0.05, 0.1) is 9.79 Å². The highest BCUT2D eigenvalue weighted by molar-refractivity contribution is 7.91. The molecule has 3 aromatic rings. The van der Waals surface area contributed by atoms with Crippen molar-refractivity contribution < 1.29 is 17.6 Å². The van der Waals surface area contributed by atoms with Crippen molar-refractivity contribution in [3.8, 4) is 0 Å². The van der Waals surface area contributed by atoms with Gasteiger partial charge in [0.25, 0.3) is 0 Å². The maximum Gasteiger partial charge on any atom is 0.223 e.